The van der Waals surface area contributed by atoms with Gasteiger partial charge in [-0.1, -0.05) is 48.5 Å². The molecule has 1 saturated heterocycles. The number of hydrogen-bond donors (Lipinski definition) is 6. The van der Waals surface area contributed by atoms with Crippen LogP contribution in [0, 0.1) is 0 Å². The highest BCUT2D eigenvalue weighted by molar-refractivity contribution is 7.98. The SMILES string of the molecule is CSCCC(NC(=O)C1CCCN1)C(=O)NC(Cc1c[nH]c2ccccc12)C(=O)NC(Cc1ccccc1)C(=O)O. The summed E-state index contributed by atoms with van der Waals surface area (Å²) in [7, 11) is 0. The lowest BCUT2D eigenvalue weighted by Crippen LogP contribution is -2.57. The van der Waals surface area contributed by atoms with Gasteiger partial charge in [0.15, 0.2) is 0 Å². The van der Waals surface area contributed by atoms with E-state index in [1.165, 1.54) is 0 Å². The second-order valence-corrected chi connectivity index (χ2v) is 11.2. The molecule has 1 aliphatic heterocycles. The second kappa shape index (κ2) is 14.7. The lowest BCUT2D eigenvalue weighted by Gasteiger charge is -2.25. The first-order valence-electron chi connectivity index (χ1n) is 13.8. The number of rotatable bonds is 14. The van der Waals surface area contributed by atoms with Crippen molar-refractivity contribution in [2.75, 3.05) is 18.6 Å². The van der Waals surface area contributed by atoms with Gasteiger partial charge in [0.1, 0.15) is 18.1 Å². The highest BCUT2D eigenvalue weighted by Gasteiger charge is 2.32. The van der Waals surface area contributed by atoms with Crippen molar-refractivity contribution in [1.29, 1.82) is 0 Å². The normalized spacial score (nSPS) is 17.0. The zero-order valence-electron chi connectivity index (χ0n) is 23.0. The van der Waals surface area contributed by atoms with Crippen LogP contribution in [0.1, 0.15) is 30.4 Å². The van der Waals surface area contributed by atoms with Gasteiger partial charge in [0.2, 0.25) is 17.7 Å². The van der Waals surface area contributed by atoms with Gasteiger partial charge >= 0.3 is 5.97 Å². The van der Waals surface area contributed by atoms with E-state index in [0.717, 1.165) is 35.0 Å². The summed E-state index contributed by atoms with van der Waals surface area (Å²) < 4.78 is 0. The Bertz CT molecular complexity index is 1340. The van der Waals surface area contributed by atoms with E-state index in [0.29, 0.717) is 18.6 Å². The summed E-state index contributed by atoms with van der Waals surface area (Å²) >= 11 is 1.55. The Hall–Kier alpha value is -3.83. The van der Waals surface area contributed by atoms with Crippen molar-refractivity contribution in [1.82, 2.24) is 26.3 Å². The van der Waals surface area contributed by atoms with E-state index in [4.69, 9.17) is 0 Å². The summed E-state index contributed by atoms with van der Waals surface area (Å²) in [6.45, 7) is 0.750. The van der Waals surface area contributed by atoms with Crippen LogP contribution in [0.2, 0.25) is 0 Å². The van der Waals surface area contributed by atoms with Crippen LogP contribution < -0.4 is 21.3 Å². The Kier molecular flexibility index (Phi) is 10.8. The third-order valence-electron chi connectivity index (χ3n) is 7.25. The van der Waals surface area contributed by atoms with Crippen molar-refractivity contribution in [3.8, 4) is 0 Å². The molecule has 4 rings (SSSR count). The molecule has 0 saturated carbocycles. The van der Waals surface area contributed by atoms with Gasteiger partial charge in [-0.15, -0.1) is 0 Å². The Morgan fingerprint density at radius 3 is 2.34 bits per heavy atom. The fraction of sp³-hybridized carbons (Fsp3) is 0.400. The number of aromatic amines is 1. The first kappa shape index (κ1) is 30.1. The average molecular weight is 580 g/mol. The van der Waals surface area contributed by atoms with Crippen molar-refractivity contribution in [3.05, 3.63) is 71.9 Å². The molecule has 2 heterocycles. The molecule has 0 bridgehead atoms. The van der Waals surface area contributed by atoms with Crippen LogP contribution in [0.5, 0.6) is 0 Å². The fourth-order valence-corrected chi connectivity index (χ4v) is 5.48. The van der Waals surface area contributed by atoms with E-state index < -0.39 is 35.9 Å². The van der Waals surface area contributed by atoms with Gasteiger partial charge in [-0.05, 0) is 55.0 Å². The number of fused-ring (bicyclic) bond motifs is 1. The second-order valence-electron chi connectivity index (χ2n) is 10.2. The Morgan fingerprint density at radius 1 is 0.927 bits per heavy atom. The maximum absolute atomic E-state index is 13.6. The molecular formula is C30H37N5O5S. The zero-order valence-corrected chi connectivity index (χ0v) is 23.8. The standard InChI is InChI=1S/C30H37N5O5S/c1-41-15-13-24(33-27(36)23-12-7-14-31-23)28(37)34-25(17-20-18-32-22-11-6-5-10-21(20)22)29(38)35-26(30(39)40)16-19-8-3-2-4-9-19/h2-6,8-11,18,23-26,31-32H,7,12-17H2,1H3,(H,33,36)(H,34,37)(H,35,38)(H,39,40). The van der Waals surface area contributed by atoms with Crippen LogP contribution in [-0.4, -0.2) is 76.5 Å². The summed E-state index contributed by atoms with van der Waals surface area (Å²) in [4.78, 5) is 55.3. The average Bonchev–Trinajstić information content (AvgIpc) is 3.66. The maximum Gasteiger partial charge on any atom is 0.326 e. The molecule has 10 nitrogen and oxygen atoms in total. The predicted octanol–water partition coefficient (Wildman–Crippen LogP) is 2.00. The number of benzene rings is 2. The number of carboxylic acids is 1. The third-order valence-corrected chi connectivity index (χ3v) is 7.89. The van der Waals surface area contributed by atoms with Crippen LogP contribution in [0.4, 0.5) is 0 Å². The van der Waals surface area contributed by atoms with Crippen molar-refractivity contribution >= 4 is 46.4 Å². The first-order chi connectivity index (χ1) is 19.9. The smallest absolute Gasteiger partial charge is 0.326 e. The van der Waals surface area contributed by atoms with Gasteiger partial charge in [0, 0.05) is 29.9 Å². The van der Waals surface area contributed by atoms with Crippen LogP contribution in [0.3, 0.4) is 0 Å². The number of thioether (sulfide) groups is 1. The molecule has 1 aliphatic rings. The number of aromatic nitrogens is 1. The van der Waals surface area contributed by atoms with Gasteiger partial charge in [0.05, 0.1) is 6.04 Å². The molecule has 3 amide bonds. The molecule has 0 spiro atoms. The molecule has 1 aromatic heterocycles. The number of aliphatic carboxylic acids is 1. The zero-order chi connectivity index (χ0) is 29.2. The largest absolute Gasteiger partial charge is 0.480 e. The van der Waals surface area contributed by atoms with Gasteiger partial charge < -0.3 is 31.4 Å². The van der Waals surface area contributed by atoms with Gasteiger partial charge in [0.25, 0.3) is 0 Å². The molecule has 0 aliphatic carbocycles. The Morgan fingerprint density at radius 2 is 1.63 bits per heavy atom. The maximum atomic E-state index is 13.6. The van der Waals surface area contributed by atoms with Crippen molar-refractivity contribution in [2.24, 2.45) is 0 Å². The lowest BCUT2D eigenvalue weighted by atomic mass is 10.0. The number of H-pyrrole nitrogens is 1. The van der Waals surface area contributed by atoms with Crippen LogP contribution >= 0.6 is 11.8 Å². The molecule has 1 fully saturated rings. The number of carboxylic acid groups (broad SMARTS) is 1. The number of para-hydroxylation sites is 1. The lowest BCUT2D eigenvalue weighted by molar-refractivity contribution is -0.142. The van der Waals surface area contributed by atoms with E-state index in [-0.39, 0.29) is 24.8 Å². The number of nitrogens with one attached hydrogen (secondary N) is 5. The minimum absolute atomic E-state index is 0.0937. The Labute approximate surface area is 243 Å². The topological polar surface area (TPSA) is 152 Å². The summed E-state index contributed by atoms with van der Waals surface area (Å²) in [6, 6.07) is 13.2. The molecule has 218 valence electrons. The monoisotopic (exact) mass is 579 g/mol. The van der Waals surface area contributed by atoms with E-state index >= 15 is 0 Å². The van der Waals surface area contributed by atoms with E-state index in [1.54, 1.807) is 42.2 Å². The van der Waals surface area contributed by atoms with Crippen molar-refractivity contribution in [3.63, 3.8) is 0 Å². The minimum atomic E-state index is -1.19. The molecule has 11 heteroatoms. The Balaban J connectivity index is 1.54. The molecular weight excluding hydrogens is 542 g/mol. The number of hydrogen-bond acceptors (Lipinski definition) is 6. The molecule has 6 N–H and O–H groups in total. The van der Waals surface area contributed by atoms with E-state index in [9.17, 15) is 24.3 Å². The van der Waals surface area contributed by atoms with E-state index in [2.05, 4.69) is 26.3 Å². The molecule has 0 radical (unpaired) electrons. The predicted molar refractivity (Wildman–Crippen MR) is 160 cm³/mol. The molecule has 41 heavy (non-hydrogen) atoms. The number of carbonyl (C=O) groups excluding carboxylic acids is 3. The van der Waals surface area contributed by atoms with Crippen LogP contribution in [0.15, 0.2) is 60.8 Å². The highest BCUT2D eigenvalue weighted by atomic mass is 32.2. The fourth-order valence-electron chi connectivity index (χ4n) is 5.01. The molecule has 3 aromatic rings. The van der Waals surface area contributed by atoms with Crippen molar-refractivity contribution < 1.29 is 24.3 Å². The van der Waals surface area contributed by atoms with Gasteiger partial charge in [-0.25, -0.2) is 4.79 Å². The molecule has 4 atom stereocenters. The minimum Gasteiger partial charge on any atom is -0.480 e. The molecule has 2 aromatic carbocycles. The van der Waals surface area contributed by atoms with E-state index in [1.807, 2.05) is 36.6 Å². The van der Waals surface area contributed by atoms with Crippen LogP contribution in [-0.2, 0) is 32.0 Å². The summed E-state index contributed by atoms with van der Waals surface area (Å²) in [6.07, 6.45) is 5.91. The summed E-state index contributed by atoms with van der Waals surface area (Å²) in [5.74, 6) is -1.88. The summed E-state index contributed by atoms with van der Waals surface area (Å²) in [5, 5.41) is 22.2. The van der Waals surface area contributed by atoms with Crippen LogP contribution in [0.25, 0.3) is 10.9 Å². The quantitative estimate of drug-likeness (QED) is 0.171. The van der Waals surface area contributed by atoms with Gasteiger partial charge in [-0.3, -0.25) is 14.4 Å². The number of carbonyl (C=O) groups is 4. The summed E-state index contributed by atoms with van der Waals surface area (Å²) in [5.41, 5.74) is 2.45. The first-order valence-corrected chi connectivity index (χ1v) is 15.2. The van der Waals surface area contributed by atoms with Gasteiger partial charge in [-0.2, -0.15) is 11.8 Å². The number of amides is 3. The van der Waals surface area contributed by atoms with Crippen molar-refractivity contribution in [2.45, 2.75) is 56.3 Å². The molecule has 4 unspecified atom stereocenters. The third kappa shape index (κ3) is 8.34. The highest BCUT2D eigenvalue weighted by Crippen LogP contribution is 2.19.